The molecule has 2 aliphatic rings. The molecule has 0 aromatic heterocycles. The number of hydrogen-bond donors (Lipinski definition) is 1. The first-order chi connectivity index (χ1) is 24.7. The Morgan fingerprint density at radius 2 is 1.35 bits per heavy atom. The molecule has 0 amide bonds. The second-order valence-corrected chi connectivity index (χ2v) is 14.1. The van der Waals surface area contributed by atoms with Crippen molar-refractivity contribution >= 4 is 46.9 Å². The average Bonchev–Trinajstić information content (AvgIpc) is 3.46. The maximum atomic E-state index is 13.6. The third kappa shape index (κ3) is 8.95. The number of benzene rings is 4. The van der Waals surface area contributed by atoms with Gasteiger partial charge in [0.2, 0.25) is 12.2 Å². The van der Waals surface area contributed by atoms with E-state index in [1.165, 1.54) is 0 Å². The summed E-state index contributed by atoms with van der Waals surface area (Å²) >= 11 is 17.8. The Balaban J connectivity index is 1.27. The zero-order chi connectivity index (χ0) is 35.8. The van der Waals surface area contributed by atoms with Gasteiger partial charge in [-0.1, -0.05) is 149 Å². The minimum Gasteiger partial charge on any atom is -0.448 e. The molecule has 14 heteroatoms. The van der Waals surface area contributed by atoms with Gasteiger partial charge in [0.1, 0.15) is 24.9 Å². The zero-order valence-electron chi connectivity index (χ0n) is 27.0. The molecule has 1 heterocycles. The van der Waals surface area contributed by atoms with E-state index in [2.05, 4.69) is 10.0 Å². The molecule has 0 bridgehead atoms. The molecule has 11 nitrogen and oxygen atoms in total. The normalized spacial score (nSPS) is 21.1. The Morgan fingerprint density at radius 3 is 1.94 bits per heavy atom. The van der Waals surface area contributed by atoms with Crippen LogP contribution in [0.3, 0.4) is 0 Å². The maximum absolute atomic E-state index is 13.6. The van der Waals surface area contributed by atoms with E-state index >= 15 is 0 Å². The van der Waals surface area contributed by atoms with Crippen LogP contribution in [0.1, 0.15) is 28.2 Å². The van der Waals surface area contributed by atoms with E-state index in [4.69, 9.17) is 68.6 Å². The lowest BCUT2D eigenvalue weighted by atomic mass is 9.96. The van der Waals surface area contributed by atoms with Crippen LogP contribution in [0.5, 0.6) is 0 Å². The van der Waals surface area contributed by atoms with Crippen LogP contribution in [0.4, 0.5) is 4.79 Å². The van der Waals surface area contributed by atoms with E-state index in [1.807, 2.05) is 109 Å². The maximum Gasteiger partial charge on any atom is 0.508 e. The van der Waals surface area contributed by atoms with E-state index in [0.29, 0.717) is 0 Å². The minimum atomic E-state index is -2.25. The number of halogens is 3. The summed E-state index contributed by atoms with van der Waals surface area (Å²) in [7, 11) is 0. The molecule has 1 aliphatic heterocycles. The number of fused-ring (bicyclic) bond motifs is 3. The van der Waals surface area contributed by atoms with Gasteiger partial charge in [-0.25, -0.2) is 4.79 Å². The van der Waals surface area contributed by atoms with E-state index in [1.54, 1.807) is 0 Å². The van der Waals surface area contributed by atoms with Crippen molar-refractivity contribution in [2.45, 2.75) is 53.6 Å². The molecule has 4 aromatic rings. The highest BCUT2D eigenvalue weighted by molar-refractivity contribution is 6.76. The number of nitrogens with zero attached hydrogens (tertiary/aromatic N) is 3. The van der Waals surface area contributed by atoms with Crippen molar-refractivity contribution in [1.82, 2.24) is 0 Å². The summed E-state index contributed by atoms with van der Waals surface area (Å²) in [4.78, 5) is 16.6. The van der Waals surface area contributed by atoms with Crippen molar-refractivity contribution < 1.29 is 33.2 Å². The summed E-state index contributed by atoms with van der Waals surface area (Å²) in [6, 6.07) is 33.3. The van der Waals surface area contributed by atoms with Crippen LogP contribution in [0.25, 0.3) is 21.6 Å². The molecule has 5 atom stereocenters. The van der Waals surface area contributed by atoms with Gasteiger partial charge in [0.25, 0.3) is 3.79 Å². The second kappa shape index (κ2) is 16.8. The number of ether oxygens (including phenoxy) is 6. The largest absolute Gasteiger partial charge is 0.508 e. The number of rotatable bonds is 12. The van der Waals surface area contributed by atoms with Gasteiger partial charge in [0.15, 0.2) is 6.10 Å². The smallest absolute Gasteiger partial charge is 0.448 e. The molecule has 0 radical (unpaired) electrons. The van der Waals surface area contributed by atoms with Crippen molar-refractivity contribution in [3.05, 3.63) is 142 Å². The Hall–Kier alpha value is -4.32. The fourth-order valence-corrected chi connectivity index (χ4v) is 6.33. The van der Waals surface area contributed by atoms with Gasteiger partial charge in [0.05, 0.1) is 19.8 Å². The first kappa shape index (κ1) is 36.5. The molecule has 4 aromatic carbocycles. The van der Waals surface area contributed by atoms with Crippen LogP contribution in [0.2, 0.25) is 0 Å². The predicted molar refractivity (Wildman–Crippen MR) is 192 cm³/mol. The van der Waals surface area contributed by atoms with Crippen LogP contribution in [0, 0.1) is 5.41 Å². The van der Waals surface area contributed by atoms with Crippen LogP contribution < -0.4 is 0 Å². The predicted octanol–water partition coefficient (Wildman–Crippen LogP) is 8.89. The second-order valence-electron chi connectivity index (χ2n) is 11.8. The van der Waals surface area contributed by atoms with E-state index in [0.717, 1.165) is 33.4 Å². The average molecular weight is 752 g/mol. The topological polar surface area (TPSA) is 145 Å². The van der Waals surface area contributed by atoms with Crippen molar-refractivity contribution in [3.8, 4) is 11.1 Å². The number of nitrogens with one attached hydrogen (secondary N) is 1. The van der Waals surface area contributed by atoms with E-state index < -0.39 is 46.5 Å². The van der Waals surface area contributed by atoms with Crippen molar-refractivity contribution in [3.63, 3.8) is 0 Å². The van der Waals surface area contributed by atoms with E-state index in [9.17, 15) is 10.3 Å². The van der Waals surface area contributed by atoms with Gasteiger partial charge in [-0.05, 0) is 38.9 Å². The Labute approximate surface area is 309 Å². The number of carbonyl (C=O) groups excluding carboxylic acids is 1. The number of azide groups is 1. The van der Waals surface area contributed by atoms with Gasteiger partial charge >= 0.3 is 6.16 Å². The van der Waals surface area contributed by atoms with E-state index in [-0.39, 0.29) is 32.3 Å². The summed E-state index contributed by atoms with van der Waals surface area (Å²) < 4.78 is 33.6. The molecule has 1 fully saturated rings. The number of hydrogen-bond acceptors (Lipinski definition) is 9. The summed E-state index contributed by atoms with van der Waals surface area (Å²) in [6.45, 7) is 0.0886. The molecule has 51 heavy (non-hydrogen) atoms. The third-order valence-corrected chi connectivity index (χ3v) is 9.05. The summed E-state index contributed by atoms with van der Waals surface area (Å²) in [5.74, 6) is -0.998. The minimum absolute atomic E-state index is 0.00290. The zero-order valence-corrected chi connectivity index (χ0v) is 29.3. The monoisotopic (exact) mass is 750 g/mol. The first-order valence-electron chi connectivity index (χ1n) is 16.0. The molecule has 264 valence electrons. The lowest BCUT2D eigenvalue weighted by molar-refractivity contribution is -0.259. The van der Waals surface area contributed by atoms with Crippen LogP contribution in [-0.4, -0.2) is 59.7 Å². The number of carbonyl (C=O) groups is 1. The fourth-order valence-electron chi connectivity index (χ4n) is 6.19. The molecule has 6 rings (SSSR count). The molecule has 1 saturated heterocycles. The molecule has 0 unspecified atom stereocenters. The van der Waals surface area contributed by atoms with Gasteiger partial charge in [-0.15, -0.1) is 0 Å². The Morgan fingerprint density at radius 1 is 0.784 bits per heavy atom. The van der Waals surface area contributed by atoms with Crippen LogP contribution in [0.15, 0.2) is 114 Å². The van der Waals surface area contributed by atoms with Crippen LogP contribution in [-0.2, 0) is 41.6 Å². The van der Waals surface area contributed by atoms with Crippen molar-refractivity contribution in [1.29, 1.82) is 5.41 Å². The lowest BCUT2D eigenvalue weighted by Crippen LogP contribution is -2.61. The highest BCUT2D eigenvalue weighted by Gasteiger charge is 2.51. The van der Waals surface area contributed by atoms with Crippen LogP contribution >= 0.6 is 34.8 Å². The summed E-state index contributed by atoms with van der Waals surface area (Å²) in [5.41, 5.74) is 15.5. The summed E-state index contributed by atoms with van der Waals surface area (Å²) in [6.07, 6.45) is -5.99. The first-order valence-corrected chi connectivity index (χ1v) is 17.2. The molecular weight excluding hydrogens is 719 g/mol. The molecular formula is C37H33Cl3N4O7. The SMILES string of the molecule is [N-]=[N+]=N[C@H]1[C@H](OC(=N)C(Cl)(Cl)Cl)O[C@H](COCc2ccccc2)[C@@H](OC(=O)OCC2c3ccccc3-c3ccccc32)[C@@H]1OCc1ccccc1. The van der Waals surface area contributed by atoms with Crippen molar-refractivity contribution in [2.24, 2.45) is 5.11 Å². The molecule has 0 spiro atoms. The highest BCUT2D eigenvalue weighted by Crippen LogP contribution is 2.44. The van der Waals surface area contributed by atoms with Gasteiger partial charge < -0.3 is 28.4 Å². The van der Waals surface area contributed by atoms with Gasteiger partial charge in [-0.2, -0.15) is 0 Å². The van der Waals surface area contributed by atoms with Gasteiger partial charge in [-0.3, -0.25) is 5.41 Å². The summed E-state index contributed by atoms with van der Waals surface area (Å²) in [5, 5.41) is 12.1. The third-order valence-electron chi connectivity index (χ3n) is 8.53. The number of alkyl halides is 3. The highest BCUT2D eigenvalue weighted by atomic mass is 35.6. The molecule has 1 N–H and O–H groups in total. The Bertz CT molecular complexity index is 1810. The van der Waals surface area contributed by atoms with Gasteiger partial charge in [0, 0.05) is 10.8 Å². The Kier molecular flexibility index (Phi) is 12.0. The molecule has 1 aliphatic carbocycles. The fraction of sp³-hybridized carbons (Fsp3) is 0.297. The van der Waals surface area contributed by atoms with Crippen molar-refractivity contribution in [2.75, 3.05) is 13.2 Å². The quantitative estimate of drug-likeness (QED) is 0.0289. The standard InChI is InChI=1S/C37H33Cl3N4O7/c38-37(39,40)35(41)51-34-31(43-44-42)33(47-20-24-13-5-2-6-14-24)32(30(49-34)22-46-19-23-11-3-1-4-12-23)50-36(45)48-21-29-27-17-9-7-15-25(27)26-16-8-10-18-28(26)29/h1-18,29-34,41H,19-22H2/t30-,31-,32-,33-,34+/m1/s1. The molecule has 0 saturated carbocycles. The lowest BCUT2D eigenvalue weighted by Gasteiger charge is -2.44.